The molecule has 1 spiro atoms. The summed E-state index contributed by atoms with van der Waals surface area (Å²) >= 11 is 0. The molecule has 0 aliphatic carbocycles. The zero-order valence-electron chi connectivity index (χ0n) is 20.6. The molecule has 0 bridgehead atoms. The first kappa shape index (κ1) is 31.8. The van der Waals surface area contributed by atoms with Crippen LogP contribution in [0.2, 0.25) is 0 Å². The fourth-order valence-corrected chi connectivity index (χ4v) is 4.64. The molecule has 0 aromatic heterocycles. The molecule has 8 nitrogen and oxygen atoms in total. The average Bonchev–Trinajstić information content (AvgIpc) is 3.16. The lowest BCUT2D eigenvalue weighted by molar-refractivity contribution is -0.193. The Morgan fingerprint density at radius 1 is 0.868 bits per heavy atom. The first-order valence-corrected chi connectivity index (χ1v) is 12.0. The Kier molecular flexibility index (Phi) is 11.8. The van der Waals surface area contributed by atoms with Crippen molar-refractivity contribution in [3.63, 3.8) is 0 Å². The van der Waals surface area contributed by atoms with Gasteiger partial charge in [0.25, 0.3) is 0 Å². The van der Waals surface area contributed by atoms with Gasteiger partial charge < -0.3 is 19.7 Å². The van der Waals surface area contributed by atoms with Crippen LogP contribution in [0, 0.1) is 5.41 Å². The predicted molar refractivity (Wildman–Crippen MR) is 122 cm³/mol. The third-order valence-corrected chi connectivity index (χ3v) is 6.43. The highest BCUT2D eigenvalue weighted by Gasteiger charge is 2.43. The number of benzene rings is 1. The van der Waals surface area contributed by atoms with Crippen molar-refractivity contribution in [3.05, 3.63) is 35.9 Å². The maximum atomic E-state index is 10.6. The molecule has 1 atom stereocenters. The Hall–Kier alpha value is -2.42. The fourth-order valence-electron chi connectivity index (χ4n) is 4.64. The highest BCUT2D eigenvalue weighted by Crippen LogP contribution is 2.36. The van der Waals surface area contributed by atoms with Crippen LogP contribution in [0.5, 0.6) is 0 Å². The van der Waals surface area contributed by atoms with Crippen molar-refractivity contribution >= 4 is 11.9 Å². The maximum absolute atomic E-state index is 10.6. The Balaban J connectivity index is 0.000000301. The van der Waals surface area contributed by atoms with E-state index in [1.54, 1.807) is 0 Å². The molecule has 3 aliphatic rings. The maximum Gasteiger partial charge on any atom is 0.490 e. The summed E-state index contributed by atoms with van der Waals surface area (Å²) < 4.78 is 75.1. The molecule has 216 valence electrons. The second-order valence-corrected chi connectivity index (χ2v) is 9.42. The molecule has 4 rings (SSSR count). The molecule has 1 aromatic carbocycles. The Morgan fingerprint density at radius 3 is 1.95 bits per heavy atom. The van der Waals surface area contributed by atoms with Crippen LogP contribution >= 0.6 is 0 Å². The van der Waals surface area contributed by atoms with E-state index in [2.05, 4.69) is 40.1 Å². The van der Waals surface area contributed by atoms with Crippen LogP contribution < -0.4 is 0 Å². The zero-order chi connectivity index (χ0) is 28.4. The van der Waals surface area contributed by atoms with Gasteiger partial charge in [-0.1, -0.05) is 30.3 Å². The quantitative estimate of drug-likeness (QED) is 0.543. The van der Waals surface area contributed by atoms with E-state index in [9.17, 15) is 26.3 Å². The highest BCUT2D eigenvalue weighted by atomic mass is 19.4. The molecule has 1 unspecified atom stereocenters. The van der Waals surface area contributed by atoms with E-state index in [-0.39, 0.29) is 0 Å². The summed E-state index contributed by atoms with van der Waals surface area (Å²) in [5.41, 5.74) is 1.73. The smallest absolute Gasteiger partial charge is 0.475 e. The molecule has 3 aliphatic heterocycles. The zero-order valence-corrected chi connectivity index (χ0v) is 20.6. The van der Waals surface area contributed by atoms with Gasteiger partial charge in [-0.05, 0) is 31.4 Å². The number of carbonyl (C=O) groups is 2. The minimum atomic E-state index is -5.08. The second kappa shape index (κ2) is 14.1. The Morgan fingerprint density at radius 2 is 1.42 bits per heavy atom. The number of rotatable bonds is 3. The summed E-state index contributed by atoms with van der Waals surface area (Å²) in [7, 11) is 0. The lowest BCUT2D eigenvalue weighted by atomic mass is 9.87. The van der Waals surface area contributed by atoms with E-state index in [4.69, 9.17) is 29.3 Å². The number of carboxylic acid groups (broad SMARTS) is 2. The van der Waals surface area contributed by atoms with Crippen molar-refractivity contribution in [1.29, 1.82) is 0 Å². The number of hydrogen-bond donors (Lipinski definition) is 2. The molecule has 0 radical (unpaired) electrons. The second-order valence-electron chi connectivity index (χ2n) is 9.42. The van der Waals surface area contributed by atoms with Crippen molar-refractivity contribution in [3.8, 4) is 0 Å². The topological polar surface area (TPSA) is 99.5 Å². The number of ether oxygens (including phenoxy) is 2. The van der Waals surface area contributed by atoms with Gasteiger partial charge in [0, 0.05) is 50.8 Å². The van der Waals surface area contributed by atoms with Crippen LogP contribution in [0.15, 0.2) is 30.3 Å². The summed E-state index contributed by atoms with van der Waals surface area (Å²) in [5.74, 6) is -5.51. The van der Waals surface area contributed by atoms with Gasteiger partial charge in [0.15, 0.2) is 0 Å². The van der Waals surface area contributed by atoms with E-state index in [1.165, 1.54) is 44.5 Å². The van der Waals surface area contributed by atoms with Gasteiger partial charge in [-0.3, -0.25) is 9.80 Å². The van der Waals surface area contributed by atoms with E-state index in [0.29, 0.717) is 5.41 Å². The Bertz CT molecular complexity index is 855. The van der Waals surface area contributed by atoms with Crippen molar-refractivity contribution in [2.75, 3.05) is 52.6 Å². The molecular formula is C24H32F6N2O6. The third-order valence-electron chi connectivity index (χ3n) is 6.43. The number of hydrogen-bond acceptors (Lipinski definition) is 6. The molecule has 1 aromatic rings. The molecule has 38 heavy (non-hydrogen) atoms. The monoisotopic (exact) mass is 558 g/mol. The summed E-state index contributed by atoms with van der Waals surface area (Å²) in [6.45, 7) is 9.36. The standard InChI is InChI=1S/C20H30N2O2.2C2HF3O2/c1-2-4-18(5-3-1)14-21-10-13-24-17-20(15-21)8-9-22(16-20)19-6-11-23-12-7-19;2*3-2(4,5)1(6)7/h1-5,19H,6-17H2;2*(H,6,7). The molecule has 14 heteroatoms. The van der Waals surface area contributed by atoms with Crippen LogP contribution in [-0.2, 0) is 25.6 Å². The van der Waals surface area contributed by atoms with Gasteiger partial charge >= 0.3 is 24.3 Å². The van der Waals surface area contributed by atoms with E-state index in [0.717, 1.165) is 45.6 Å². The Labute approximate surface area is 216 Å². The first-order chi connectivity index (χ1) is 17.7. The highest BCUT2D eigenvalue weighted by molar-refractivity contribution is 5.73. The molecule has 3 fully saturated rings. The lowest BCUT2D eigenvalue weighted by Gasteiger charge is -2.35. The average molecular weight is 559 g/mol. The van der Waals surface area contributed by atoms with Crippen LogP contribution in [0.3, 0.4) is 0 Å². The summed E-state index contributed by atoms with van der Waals surface area (Å²) in [4.78, 5) is 23.1. The molecular weight excluding hydrogens is 526 g/mol. The third kappa shape index (κ3) is 10.8. The van der Waals surface area contributed by atoms with Crippen molar-refractivity contribution in [2.24, 2.45) is 5.41 Å². The summed E-state index contributed by atoms with van der Waals surface area (Å²) in [6, 6.07) is 11.6. The number of carboxylic acids is 2. The van der Waals surface area contributed by atoms with Gasteiger partial charge in [0.2, 0.25) is 0 Å². The number of likely N-dealkylation sites (tertiary alicyclic amines) is 1. The first-order valence-electron chi connectivity index (χ1n) is 12.0. The molecule has 3 heterocycles. The van der Waals surface area contributed by atoms with E-state index in [1.807, 2.05) is 0 Å². The van der Waals surface area contributed by atoms with Gasteiger partial charge in [0.1, 0.15) is 0 Å². The van der Waals surface area contributed by atoms with Gasteiger partial charge in [-0.25, -0.2) is 9.59 Å². The largest absolute Gasteiger partial charge is 0.490 e. The van der Waals surface area contributed by atoms with Crippen LogP contribution in [-0.4, -0.2) is 103 Å². The molecule has 2 N–H and O–H groups in total. The normalized spacial score (nSPS) is 23.5. The predicted octanol–water partition coefficient (Wildman–Crippen LogP) is 3.66. The van der Waals surface area contributed by atoms with Gasteiger partial charge in [-0.15, -0.1) is 0 Å². The van der Waals surface area contributed by atoms with Gasteiger partial charge in [-0.2, -0.15) is 26.3 Å². The van der Waals surface area contributed by atoms with E-state index < -0.39 is 24.3 Å². The van der Waals surface area contributed by atoms with Crippen LogP contribution in [0.1, 0.15) is 24.8 Å². The minimum absolute atomic E-state index is 0.323. The lowest BCUT2D eigenvalue weighted by Crippen LogP contribution is -2.43. The van der Waals surface area contributed by atoms with Crippen molar-refractivity contribution in [1.82, 2.24) is 9.80 Å². The van der Waals surface area contributed by atoms with E-state index >= 15 is 0 Å². The molecule has 0 amide bonds. The number of nitrogens with zero attached hydrogens (tertiary/aromatic N) is 2. The van der Waals surface area contributed by atoms with Gasteiger partial charge in [0.05, 0.1) is 13.2 Å². The fraction of sp³-hybridized carbons (Fsp3) is 0.667. The number of alkyl halides is 6. The molecule has 0 saturated carbocycles. The van der Waals surface area contributed by atoms with Crippen molar-refractivity contribution < 1.29 is 55.6 Å². The molecule has 3 saturated heterocycles. The number of aliphatic carboxylic acids is 2. The summed E-state index contributed by atoms with van der Waals surface area (Å²) in [5, 5.41) is 14.2. The SMILES string of the molecule is O=C(O)C(F)(F)F.O=C(O)C(F)(F)F.c1ccc(CN2CCOCC3(CCN(C4CCOCC4)C3)C2)cc1. The summed E-state index contributed by atoms with van der Waals surface area (Å²) in [6.07, 6.45) is -6.50. The van der Waals surface area contributed by atoms with Crippen molar-refractivity contribution in [2.45, 2.75) is 44.2 Å². The van der Waals surface area contributed by atoms with Crippen LogP contribution in [0.25, 0.3) is 0 Å². The minimum Gasteiger partial charge on any atom is -0.475 e. The number of halogens is 6. The van der Waals surface area contributed by atoms with Crippen LogP contribution in [0.4, 0.5) is 26.3 Å².